The number of nitrogens with one attached hydrogen (secondary N) is 3. The Morgan fingerprint density at radius 2 is 1.96 bits per heavy atom. The highest BCUT2D eigenvalue weighted by molar-refractivity contribution is 7.99. The zero-order chi connectivity index (χ0) is 15.9. The molecule has 7 nitrogen and oxygen atoms in total. The van der Waals surface area contributed by atoms with Crippen molar-refractivity contribution in [3.8, 4) is 0 Å². The van der Waals surface area contributed by atoms with Crippen molar-refractivity contribution in [2.75, 3.05) is 5.32 Å². The van der Waals surface area contributed by atoms with Crippen LogP contribution < -0.4 is 10.6 Å². The summed E-state index contributed by atoms with van der Waals surface area (Å²) >= 11 is 1.46. The van der Waals surface area contributed by atoms with Crippen LogP contribution in [-0.4, -0.2) is 26.2 Å². The van der Waals surface area contributed by atoms with Crippen molar-refractivity contribution in [3.05, 3.63) is 60.7 Å². The molecule has 1 aromatic carbocycles. The van der Waals surface area contributed by atoms with Gasteiger partial charge in [-0.05, 0) is 42.1 Å². The molecule has 0 aliphatic rings. The molecule has 3 aromatic rings. The number of urea groups is 1. The summed E-state index contributed by atoms with van der Waals surface area (Å²) in [7, 11) is 0. The van der Waals surface area contributed by atoms with Gasteiger partial charge in [0.15, 0.2) is 5.16 Å². The zero-order valence-corrected chi connectivity index (χ0v) is 12.9. The molecule has 0 atom stereocenters. The second kappa shape index (κ2) is 7.41. The second-order valence-electron chi connectivity index (χ2n) is 4.57. The molecular weight excluding hydrogens is 312 g/mol. The maximum atomic E-state index is 11.8. The first-order chi connectivity index (χ1) is 11.3. The number of anilines is 1. The van der Waals surface area contributed by atoms with Gasteiger partial charge in [0, 0.05) is 41.3 Å². The van der Waals surface area contributed by atoms with E-state index in [1.165, 1.54) is 11.8 Å². The van der Waals surface area contributed by atoms with E-state index < -0.39 is 0 Å². The molecule has 0 radical (unpaired) electrons. The van der Waals surface area contributed by atoms with Crippen molar-refractivity contribution in [2.45, 2.75) is 16.6 Å². The number of benzene rings is 1. The normalized spacial score (nSPS) is 10.3. The van der Waals surface area contributed by atoms with Crippen molar-refractivity contribution < 1.29 is 4.79 Å². The van der Waals surface area contributed by atoms with E-state index in [1.54, 1.807) is 30.9 Å². The van der Waals surface area contributed by atoms with Crippen LogP contribution in [0.2, 0.25) is 0 Å². The smallest absolute Gasteiger partial charge is 0.319 e. The van der Waals surface area contributed by atoms with Crippen LogP contribution in [0.3, 0.4) is 0 Å². The van der Waals surface area contributed by atoms with Crippen LogP contribution >= 0.6 is 11.8 Å². The molecule has 3 N–H and O–H groups in total. The van der Waals surface area contributed by atoms with E-state index in [4.69, 9.17) is 0 Å². The van der Waals surface area contributed by atoms with E-state index in [2.05, 4.69) is 30.8 Å². The summed E-state index contributed by atoms with van der Waals surface area (Å²) in [6, 6.07) is 9.00. The summed E-state index contributed by atoms with van der Waals surface area (Å²) in [5.74, 6) is 0. The molecule has 3 rings (SSSR count). The molecule has 23 heavy (non-hydrogen) atoms. The van der Waals surface area contributed by atoms with Crippen molar-refractivity contribution in [3.63, 3.8) is 0 Å². The van der Waals surface area contributed by atoms with Gasteiger partial charge in [0.2, 0.25) is 0 Å². The van der Waals surface area contributed by atoms with Crippen LogP contribution in [0.4, 0.5) is 10.5 Å². The highest BCUT2D eigenvalue weighted by Gasteiger charge is 2.04. The third-order valence-corrected chi connectivity index (χ3v) is 3.77. The van der Waals surface area contributed by atoms with Gasteiger partial charge in [-0.1, -0.05) is 0 Å². The fraction of sp³-hybridized carbons (Fsp3) is 0.0667. The topological polar surface area (TPSA) is 95.6 Å². The standard InChI is InChI=1S/C15H14N6OS/c22-14(18-8-11-9-19-20-10-11)21-12-2-4-13(5-3-12)23-15-16-6-1-7-17-15/h1-7,9-10H,8H2,(H,19,20)(H2,18,21,22). The molecule has 0 fully saturated rings. The predicted octanol–water partition coefficient (Wildman–Crippen LogP) is 2.67. The summed E-state index contributed by atoms with van der Waals surface area (Å²) < 4.78 is 0. The molecule has 0 saturated carbocycles. The quantitative estimate of drug-likeness (QED) is 0.627. The minimum atomic E-state index is -0.266. The van der Waals surface area contributed by atoms with Gasteiger partial charge in [-0.2, -0.15) is 5.10 Å². The molecule has 116 valence electrons. The first-order valence-electron chi connectivity index (χ1n) is 6.87. The first-order valence-corrected chi connectivity index (χ1v) is 7.69. The van der Waals surface area contributed by atoms with Crippen LogP contribution in [0.25, 0.3) is 0 Å². The van der Waals surface area contributed by atoms with Gasteiger partial charge < -0.3 is 10.6 Å². The van der Waals surface area contributed by atoms with Gasteiger partial charge in [-0.15, -0.1) is 0 Å². The van der Waals surface area contributed by atoms with Crippen LogP contribution in [-0.2, 0) is 6.54 Å². The van der Waals surface area contributed by atoms with Gasteiger partial charge in [0.1, 0.15) is 0 Å². The number of carbonyl (C=O) groups excluding carboxylic acids is 1. The largest absolute Gasteiger partial charge is 0.334 e. The summed E-state index contributed by atoms with van der Waals surface area (Å²) in [4.78, 5) is 21.1. The minimum absolute atomic E-state index is 0.266. The van der Waals surface area contributed by atoms with Gasteiger partial charge in [-0.3, -0.25) is 5.10 Å². The highest BCUT2D eigenvalue weighted by atomic mass is 32.2. The Labute approximate surface area is 136 Å². The molecule has 2 aromatic heterocycles. The number of aromatic amines is 1. The second-order valence-corrected chi connectivity index (χ2v) is 5.61. The summed E-state index contributed by atoms with van der Waals surface area (Å²) in [6.45, 7) is 0.418. The molecule has 0 saturated heterocycles. The van der Waals surface area contributed by atoms with Gasteiger partial charge >= 0.3 is 6.03 Å². The Kier molecular flexibility index (Phi) is 4.85. The summed E-state index contributed by atoms with van der Waals surface area (Å²) in [5.41, 5.74) is 1.63. The van der Waals surface area contributed by atoms with Crippen LogP contribution in [0.1, 0.15) is 5.56 Å². The van der Waals surface area contributed by atoms with E-state index in [0.29, 0.717) is 17.4 Å². The number of aromatic nitrogens is 4. The van der Waals surface area contributed by atoms with Crippen LogP contribution in [0.15, 0.2) is 65.2 Å². The number of hydrogen-bond acceptors (Lipinski definition) is 5. The maximum absolute atomic E-state index is 11.8. The third-order valence-electron chi connectivity index (χ3n) is 2.87. The SMILES string of the molecule is O=C(NCc1cn[nH]c1)Nc1ccc(Sc2ncccn2)cc1. The van der Waals surface area contributed by atoms with Crippen LogP contribution in [0.5, 0.6) is 0 Å². The van der Waals surface area contributed by atoms with Gasteiger partial charge in [0.25, 0.3) is 0 Å². The lowest BCUT2D eigenvalue weighted by atomic mass is 10.3. The number of nitrogens with zero attached hydrogens (tertiary/aromatic N) is 3. The molecule has 8 heteroatoms. The molecule has 0 bridgehead atoms. The summed E-state index contributed by atoms with van der Waals surface area (Å²) in [6.07, 6.45) is 6.81. The molecule has 0 aliphatic heterocycles. The highest BCUT2D eigenvalue weighted by Crippen LogP contribution is 2.25. The fourth-order valence-corrected chi connectivity index (χ4v) is 2.49. The lowest BCUT2D eigenvalue weighted by Gasteiger charge is -2.07. The van der Waals surface area contributed by atoms with Crippen molar-refractivity contribution in [1.29, 1.82) is 0 Å². The minimum Gasteiger partial charge on any atom is -0.334 e. The van der Waals surface area contributed by atoms with E-state index in [9.17, 15) is 4.79 Å². The van der Waals surface area contributed by atoms with E-state index >= 15 is 0 Å². The molecular formula is C15H14N6OS. The average molecular weight is 326 g/mol. The molecule has 2 amide bonds. The van der Waals surface area contributed by atoms with E-state index in [-0.39, 0.29) is 6.03 Å². The predicted molar refractivity (Wildman–Crippen MR) is 87.0 cm³/mol. The monoisotopic (exact) mass is 326 g/mol. The lowest BCUT2D eigenvalue weighted by Crippen LogP contribution is -2.27. The van der Waals surface area contributed by atoms with Gasteiger partial charge in [-0.25, -0.2) is 14.8 Å². The summed E-state index contributed by atoms with van der Waals surface area (Å²) in [5, 5.41) is 12.7. The molecule has 2 heterocycles. The Morgan fingerprint density at radius 1 is 1.17 bits per heavy atom. The number of hydrogen-bond donors (Lipinski definition) is 3. The first kappa shape index (κ1) is 15.0. The molecule has 0 unspecified atom stereocenters. The number of rotatable bonds is 5. The Balaban J connectivity index is 1.51. The number of carbonyl (C=O) groups is 1. The third kappa shape index (κ3) is 4.55. The Bertz CT molecular complexity index is 745. The van der Waals surface area contributed by atoms with E-state index in [1.807, 2.05) is 24.3 Å². The Morgan fingerprint density at radius 3 is 2.65 bits per heavy atom. The maximum Gasteiger partial charge on any atom is 0.319 e. The lowest BCUT2D eigenvalue weighted by molar-refractivity contribution is 0.251. The molecule has 0 aliphatic carbocycles. The molecule has 0 spiro atoms. The number of amides is 2. The van der Waals surface area contributed by atoms with Crippen molar-refractivity contribution >= 4 is 23.5 Å². The zero-order valence-electron chi connectivity index (χ0n) is 12.1. The Hall–Kier alpha value is -2.87. The van der Waals surface area contributed by atoms with Crippen molar-refractivity contribution in [1.82, 2.24) is 25.5 Å². The van der Waals surface area contributed by atoms with Gasteiger partial charge in [0.05, 0.1) is 6.20 Å². The van der Waals surface area contributed by atoms with Crippen molar-refractivity contribution in [2.24, 2.45) is 0 Å². The fourth-order valence-electron chi connectivity index (χ4n) is 1.78. The average Bonchev–Trinajstić information content (AvgIpc) is 3.09. The van der Waals surface area contributed by atoms with E-state index in [0.717, 1.165) is 10.5 Å². The van der Waals surface area contributed by atoms with Crippen LogP contribution in [0, 0.1) is 0 Å². The number of H-pyrrole nitrogens is 1.